The van der Waals surface area contributed by atoms with Gasteiger partial charge in [-0.05, 0) is 31.5 Å². The summed E-state index contributed by atoms with van der Waals surface area (Å²) in [6, 6.07) is 7.88. The molecule has 1 rings (SSSR count). The van der Waals surface area contributed by atoms with Gasteiger partial charge in [-0.2, -0.15) is 0 Å². The van der Waals surface area contributed by atoms with Crippen molar-refractivity contribution in [3.63, 3.8) is 0 Å². The Hall–Kier alpha value is -1.10. The fourth-order valence-electron chi connectivity index (χ4n) is 1.75. The predicted octanol–water partition coefficient (Wildman–Crippen LogP) is 2.97. The molecule has 5 heteroatoms. The summed E-state index contributed by atoms with van der Waals surface area (Å²) in [6.07, 6.45) is 1.25. The molecule has 0 saturated heterocycles. The maximum atomic E-state index is 11.8. The molecule has 0 radical (unpaired) electrons. The molecule has 0 atom stereocenters. The Morgan fingerprint density at radius 3 is 2.70 bits per heavy atom. The van der Waals surface area contributed by atoms with Gasteiger partial charge in [0, 0.05) is 31.9 Å². The summed E-state index contributed by atoms with van der Waals surface area (Å²) in [5.41, 5.74) is 2.01. The molecule has 1 aromatic rings. The average Bonchev–Trinajstić information content (AvgIpc) is 2.43. The molecular weight excluding hydrogens is 276 g/mol. The highest BCUT2D eigenvalue weighted by molar-refractivity contribution is 5.91. The van der Waals surface area contributed by atoms with E-state index in [0.717, 1.165) is 30.8 Å². The highest BCUT2D eigenvalue weighted by Crippen LogP contribution is 2.15. The molecule has 0 heterocycles. The van der Waals surface area contributed by atoms with Gasteiger partial charge in [0.15, 0.2) is 0 Å². The second-order valence-corrected chi connectivity index (χ2v) is 4.29. The lowest BCUT2D eigenvalue weighted by atomic mass is 10.1. The number of hydrogen-bond acceptors (Lipinski definition) is 3. The van der Waals surface area contributed by atoms with E-state index >= 15 is 0 Å². The lowest BCUT2D eigenvalue weighted by Gasteiger charge is -2.11. The molecule has 1 aromatic carbocycles. The Bertz CT molecular complexity index is 386. The van der Waals surface area contributed by atoms with Gasteiger partial charge in [0.05, 0.1) is 0 Å². The molecule has 0 fully saturated rings. The highest BCUT2D eigenvalue weighted by Gasteiger charge is 2.05. The molecular formula is C15H25ClN2O2. The predicted molar refractivity (Wildman–Crippen MR) is 85.4 cm³/mol. The molecule has 0 unspecified atom stereocenters. The van der Waals surface area contributed by atoms with E-state index in [4.69, 9.17) is 4.74 Å². The number of benzene rings is 1. The van der Waals surface area contributed by atoms with Gasteiger partial charge < -0.3 is 15.4 Å². The van der Waals surface area contributed by atoms with Crippen molar-refractivity contribution in [1.82, 2.24) is 5.32 Å². The first-order chi connectivity index (χ1) is 9.27. The van der Waals surface area contributed by atoms with Crippen molar-refractivity contribution < 1.29 is 9.53 Å². The lowest BCUT2D eigenvalue weighted by Crippen LogP contribution is -2.17. The molecule has 0 aliphatic heterocycles. The first kappa shape index (κ1) is 18.9. The molecule has 2 N–H and O–H groups in total. The Kier molecular flexibility index (Phi) is 11.1. The minimum Gasteiger partial charge on any atom is -0.382 e. The van der Waals surface area contributed by atoms with Crippen molar-refractivity contribution >= 4 is 24.0 Å². The second-order valence-electron chi connectivity index (χ2n) is 4.29. The largest absolute Gasteiger partial charge is 0.382 e. The average molecular weight is 301 g/mol. The molecule has 114 valence electrons. The highest BCUT2D eigenvalue weighted by atomic mass is 35.5. The number of rotatable bonds is 9. The van der Waals surface area contributed by atoms with E-state index in [0.29, 0.717) is 19.6 Å². The van der Waals surface area contributed by atoms with Gasteiger partial charge >= 0.3 is 0 Å². The Morgan fingerprint density at radius 1 is 1.25 bits per heavy atom. The Morgan fingerprint density at radius 2 is 2.00 bits per heavy atom. The Balaban J connectivity index is 0.00000361. The first-order valence-electron chi connectivity index (χ1n) is 6.94. The molecule has 0 aliphatic rings. The van der Waals surface area contributed by atoms with Gasteiger partial charge in [0.2, 0.25) is 5.91 Å². The van der Waals surface area contributed by atoms with E-state index in [1.807, 2.05) is 31.2 Å². The summed E-state index contributed by atoms with van der Waals surface area (Å²) >= 11 is 0. The van der Waals surface area contributed by atoms with Gasteiger partial charge in [-0.25, -0.2) is 0 Å². The summed E-state index contributed by atoms with van der Waals surface area (Å²) in [6.45, 7) is 7.05. The van der Waals surface area contributed by atoms with Crippen LogP contribution in [0.4, 0.5) is 5.69 Å². The molecule has 0 saturated carbocycles. The third-order valence-corrected chi connectivity index (χ3v) is 2.75. The van der Waals surface area contributed by atoms with Crippen molar-refractivity contribution in [3.05, 3.63) is 29.8 Å². The number of nitrogens with one attached hydrogen (secondary N) is 2. The van der Waals surface area contributed by atoms with Crippen molar-refractivity contribution in [2.24, 2.45) is 0 Å². The number of amides is 1. The van der Waals surface area contributed by atoms with E-state index in [1.54, 1.807) is 0 Å². The normalized spacial score (nSPS) is 9.90. The molecule has 4 nitrogen and oxygen atoms in total. The van der Waals surface area contributed by atoms with E-state index in [9.17, 15) is 4.79 Å². The quantitative estimate of drug-likeness (QED) is 0.689. The fraction of sp³-hybridized carbons (Fsp3) is 0.533. The van der Waals surface area contributed by atoms with Gasteiger partial charge in [0.25, 0.3) is 0 Å². The van der Waals surface area contributed by atoms with Crippen molar-refractivity contribution in [2.45, 2.75) is 33.2 Å². The van der Waals surface area contributed by atoms with Gasteiger partial charge in [-0.1, -0.05) is 25.1 Å². The van der Waals surface area contributed by atoms with Crippen LogP contribution in [0.15, 0.2) is 24.3 Å². The third kappa shape index (κ3) is 7.48. The lowest BCUT2D eigenvalue weighted by molar-refractivity contribution is -0.116. The summed E-state index contributed by atoms with van der Waals surface area (Å²) in [5, 5.41) is 6.23. The van der Waals surface area contributed by atoms with E-state index < -0.39 is 0 Å². The van der Waals surface area contributed by atoms with E-state index in [2.05, 4.69) is 17.6 Å². The summed E-state index contributed by atoms with van der Waals surface area (Å²) < 4.78 is 5.22. The zero-order chi connectivity index (χ0) is 13.9. The zero-order valence-electron chi connectivity index (χ0n) is 12.3. The number of hydrogen-bond donors (Lipinski definition) is 2. The molecule has 1 amide bonds. The monoisotopic (exact) mass is 300 g/mol. The number of para-hydroxylation sites is 1. The van der Waals surface area contributed by atoms with Crippen LogP contribution in [-0.4, -0.2) is 25.7 Å². The Labute approximate surface area is 127 Å². The van der Waals surface area contributed by atoms with Crippen molar-refractivity contribution in [1.29, 1.82) is 0 Å². The first-order valence-corrected chi connectivity index (χ1v) is 6.94. The van der Waals surface area contributed by atoms with Crippen LogP contribution in [0, 0.1) is 0 Å². The maximum Gasteiger partial charge on any atom is 0.224 e. The topological polar surface area (TPSA) is 50.4 Å². The molecule has 0 aliphatic carbocycles. The van der Waals surface area contributed by atoms with Gasteiger partial charge in [0.1, 0.15) is 0 Å². The number of carbonyl (C=O) groups is 1. The smallest absolute Gasteiger partial charge is 0.224 e. The van der Waals surface area contributed by atoms with Crippen molar-refractivity contribution in [2.75, 3.05) is 25.1 Å². The van der Waals surface area contributed by atoms with Crippen LogP contribution >= 0.6 is 12.4 Å². The summed E-state index contributed by atoms with van der Waals surface area (Å²) in [7, 11) is 0. The summed E-state index contributed by atoms with van der Waals surface area (Å²) in [5.74, 6) is 0.0450. The summed E-state index contributed by atoms with van der Waals surface area (Å²) in [4.78, 5) is 11.8. The number of ether oxygens (including phenoxy) is 1. The number of anilines is 1. The van der Waals surface area contributed by atoms with Gasteiger partial charge in [-0.15, -0.1) is 12.4 Å². The number of halogens is 1. The molecule has 0 aromatic heterocycles. The van der Waals surface area contributed by atoms with E-state index in [1.165, 1.54) is 0 Å². The fourth-order valence-corrected chi connectivity index (χ4v) is 1.75. The molecule has 0 bridgehead atoms. The zero-order valence-corrected chi connectivity index (χ0v) is 13.1. The number of carbonyl (C=O) groups excluding carboxylic acids is 1. The SMILES string of the molecule is CCNCc1ccccc1NC(=O)CCCOCC.Cl. The molecule has 0 spiro atoms. The maximum absolute atomic E-state index is 11.8. The van der Waals surface area contributed by atoms with Crippen LogP contribution in [0.1, 0.15) is 32.3 Å². The van der Waals surface area contributed by atoms with Crippen LogP contribution in [0.25, 0.3) is 0 Å². The van der Waals surface area contributed by atoms with Crippen LogP contribution in [-0.2, 0) is 16.1 Å². The standard InChI is InChI=1S/C15H24N2O2.ClH/c1-3-16-12-13-8-5-6-9-14(13)17-15(18)10-7-11-19-4-2;/h5-6,8-9,16H,3-4,7,10-12H2,1-2H3,(H,17,18);1H. The third-order valence-electron chi connectivity index (χ3n) is 2.75. The van der Waals surface area contributed by atoms with Crippen molar-refractivity contribution in [3.8, 4) is 0 Å². The van der Waals surface area contributed by atoms with Crippen LogP contribution < -0.4 is 10.6 Å². The minimum absolute atomic E-state index is 0. The minimum atomic E-state index is 0. The van der Waals surface area contributed by atoms with Gasteiger partial charge in [-0.3, -0.25) is 4.79 Å². The van der Waals surface area contributed by atoms with Crippen LogP contribution in [0.3, 0.4) is 0 Å². The second kappa shape index (κ2) is 11.7. The van der Waals surface area contributed by atoms with Crippen LogP contribution in [0.2, 0.25) is 0 Å². The van der Waals surface area contributed by atoms with Crippen LogP contribution in [0.5, 0.6) is 0 Å². The molecule has 20 heavy (non-hydrogen) atoms. The van der Waals surface area contributed by atoms with E-state index in [-0.39, 0.29) is 18.3 Å².